The van der Waals surface area contributed by atoms with Crippen molar-refractivity contribution in [2.24, 2.45) is 0 Å². The molecule has 0 aliphatic rings. The van der Waals surface area contributed by atoms with Gasteiger partial charge in [-0.15, -0.1) is 0 Å². The number of phosphoric ester groups is 1. The number of rotatable bonds is 2. The van der Waals surface area contributed by atoms with Crippen LogP contribution in [0.2, 0.25) is 0 Å². The van der Waals surface area contributed by atoms with Crippen molar-refractivity contribution in [3.05, 3.63) is 29.8 Å². The predicted molar refractivity (Wildman–Crippen MR) is 39.0 cm³/mol. The van der Waals surface area contributed by atoms with Crippen LogP contribution in [0.3, 0.4) is 0 Å². The van der Waals surface area contributed by atoms with E-state index in [9.17, 15) is 13.3 Å². The average Bonchev–Trinajstić information content (AvgIpc) is 1.96. The molecule has 0 aliphatic heterocycles. The number of benzene rings is 1. The molecule has 0 aromatic heterocycles. The van der Waals surface area contributed by atoms with Gasteiger partial charge in [-0.05, 0) is 12.1 Å². The van der Waals surface area contributed by atoms with E-state index in [0.29, 0.717) is 0 Å². The van der Waals surface area contributed by atoms with Gasteiger partial charge in [-0.3, -0.25) is 9.79 Å². The third-order valence-corrected chi connectivity index (χ3v) is 1.57. The minimum atomic E-state index is -4.84. The second-order valence-electron chi connectivity index (χ2n) is 2.13. The molecule has 72 valence electrons. The van der Waals surface area contributed by atoms with Crippen molar-refractivity contribution in [3.8, 4) is 5.75 Å². The van der Waals surface area contributed by atoms with Gasteiger partial charge in [0.05, 0.1) is 0 Å². The molecule has 1 aromatic rings. The van der Waals surface area contributed by atoms with Gasteiger partial charge < -0.3 is 4.52 Å². The van der Waals surface area contributed by atoms with E-state index in [2.05, 4.69) is 4.52 Å². The molecule has 7 heteroatoms. The van der Waals surface area contributed by atoms with Crippen LogP contribution in [-0.4, -0.2) is 9.79 Å². The van der Waals surface area contributed by atoms with Crippen LogP contribution in [-0.2, 0) is 4.57 Å². The smallest absolute Gasteiger partial charge is 0.401 e. The fraction of sp³-hybridized carbons (Fsp3) is 0. The van der Waals surface area contributed by atoms with Gasteiger partial charge in [-0.2, -0.15) is 4.39 Å². The first kappa shape index (κ1) is 10.1. The Hall–Kier alpha value is -0.970. The van der Waals surface area contributed by atoms with Gasteiger partial charge in [0.15, 0.2) is 11.6 Å². The van der Waals surface area contributed by atoms with Gasteiger partial charge in [0.25, 0.3) is 0 Å². The van der Waals surface area contributed by atoms with Crippen LogP contribution in [0.15, 0.2) is 18.2 Å². The minimum Gasteiger partial charge on any atom is -0.401 e. The summed E-state index contributed by atoms with van der Waals surface area (Å²) in [7, 11) is -4.84. The maximum atomic E-state index is 12.7. The lowest BCUT2D eigenvalue weighted by Gasteiger charge is -2.06. The van der Waals surface area contributed by atoms with E-state index in [0.717, 1.165) is 18.2 Å². The van der Waals surface area contributed by atoms with Crippen molar-refractivity contribution in [2.75, 3.05) is 0 Å². The van der Waals surface area contributed by atoms with Gasteiger partial charge in [-0.1, -0.05) is 6.07 Å². The molecular weight excluding hydrogens is 205 g/mol. The summed E-state index contributed by atoms with van der Waals surface area (Å²) in [6, 6.07) is 2.79. The lowest BCUT2D eigenvalue weighted by molar-refractivity contribution is 0.276. The van der Waals surface area contributed by atoms with Crippen LogP contribution >= 0.6 is 7.82 Å². The standard InChI is InChI=1S/C6H5F2O4P/c7-4-2-1-3-5(6(4)8)12-13(9,10)11/h1-3H,(H2,9,10,11). The lowest BCUT2D eigenvalue weighted by Crippen LogP contribution is -1.94. The van der Waals surface area contributed by atoms with Crippen LogP contribution in [0.25, 0.3) is 0 Å². The van der Waals surface area contributed by atoms with Crippen LogP contribution in [0.5, 0.6) is 5.75 Å². The summed E-state index contributed by atoms with van der Waals surface area (Å²) in [6.45, 7) is 0. The third kappa shape index (κ3) is 2.77. The summed E-state index contributed by atoms with van der Waals surface area (Å²) < 4.78 is 39.2. The molecule has 0 heterocycles. The number of hydrogen-bond donors (Lipinski definition) is 2. The largest absolute Gasteiger partial charge is 0.524 e. The molecule has 0 saturated heterocycles. The summed E-state index contributed by atoms with van der Waals surface area (Å²) >= 11 is 0. The van der Waals surface area contributed by atoms with Crippen molar-refractivity contribution in [1.29, 1.82) is 0 Å². The van der Waals surface area contributed by atoms with E-state index in [1.165, 1.54) is 0 Å². The second kappa shape index (κ2) is 3.41. The summed E-state index contributed by atoms with van der Waals surface area (Å²) in [5.74, 6) is -3.47. The molecule has 4 nitrogen and oxygen atoms in total. The summed E-state index contributed by atoms with van der Waals surface area (Å²) in [6.07, 6.45) is 0. The molecular formula is C6H5F2O4P. The molecule has 0 bridgehead atoms. The first-order chi connectivity index (χ1) is 5.90. The van der Waals surface area contributed by atoms with Crippen LogP contribution in [0.1, 0.15) is 0 Å². The zero-order valence-electron chi connectivity index (χ0n) is 6.15. The van der Waals surface area contributed by atoms with Gasteiger partial charge in [0.1, 0.15) is 0 Å². The molecule has 0 fully saturated rings. The Morgan fingerprint density at radius 3 is 2.46 bits per heavy atom. The quantitative estimate of drug-likeness (QED) is 0.724. The van der Waals surface area contributed by atoms with E-state index >= 15 is 0 Å². The van der Waals surface area contributed by atoms with Gasteiger partial charge >= 0.3 is 7.82 Å². The maximum absolute atomic E-state index is 12.7. The van der Waals surface area contributed by atoms with E-state index in [1.54, 1.807) is 0 Å². The topological polar surface area (TPSA) is 66.8 Å². The Morgan fingerprint density at radius 1 is 1.31 bits per heavy atom. The normalized spacial score (nSPS) is 11.4. The zero-order chi connectivity index (χ0) is 10.1. The van der Waals surface area contributed by atoms with Crippen molar-refractivity contribution in [3.63, 3.8) is 0 Å². The molecule has 1 rings (SSSR count). The van der Waals surface area contributed by atoms with Gasteiger partial charge in [0, 0.05) is 0 Å². The Kier molecular flexibility index (Phi) is 2.66. The molecule has 0 radical (unpaired) electrons. The van der Waals surface area contributed by atoms with Gasteiger partial charge in [-0.25, -0.2) is 8.96 Å². The molecule has 1 aromatic carbocycles. The Bertz CT molecular complexity index is 362. The second-order valence-corrected chi connectivity index (χ2v) is 3.30. The highest BCUT2D eigenvalue weighted by Crippen LogP contribution is 2.38. The highest BCUT2D eigenvalue weighted by atomic mass is 31.2. The molecule has 0 spiro atoms. The number of halogens is 2. The fourth-order valence-electron chi connectivity index (χ4n) is 0.683. The number of hydrogen-bond acceptors (Lipinski definition) is 2. The van der Waals surface area contributed by atoms with E-state index < -0.39 is 25.2 Å². The van der Waals surface area contributed by atoms with Crippen molar-refractivity contribution < 1.29 is 27.7 Å². The fourth-order valence-corrected chi connectivity index (χ4v) is 1.08. The van der Waals surface area contributed by atoms with E-state index in [4.69, 9.17) is 9.79 Å². The van der Waals surface area contributed by atoms with Crippen molar-refractivity contribution >= 4 is 7.82 Å². The Balaban J connectivity index is 3.03. The molecule has 0 unspecified atom stereocenters. The zero-order valence-corrected chi connectivity index (χ0v) is 7.04. The Labute approximate surface area is 72.0 Å². The third-order valence-electron chi connectivity index (χ3n) is 1.13. The highest BCUT2D eigenvalue weighted by molar-refractivity contribution is 7.46. The molecule has 0 saturated carbocycles. The van der Waals surface area contributed by atoms with Crippen LogP contribution in [0.4, 0.5) is 8.78 Å². The van der Waals surface area contributed by atoms with E-state index in [-0.39, 0.29) is 0 Å². The van der Waals surface area contributed by atoms with Gasteiger partial charge in [0.2, 0.25) is 5.82 Å². The molecule has 2 N–H and O–H groups in total. The summed E-state index contributed by atoms with van der Waals surface area (Å²) in [5, 5.41) is 0. The highest BCUT2D eigenvalue weighted by Gasteiger charge is 2.19. The molecule has 0 aliphatic carbocycles. The summed E-state index contributed by atoms with van der Waals surface area (Å²) in [5.41, 5.74) is 0. The maximum Gasteiger partial charge on any atom is 0.524 e. The number of phosphoric acid groups is 1. The average molecular weight is 210 g/mol. The van der Waals surface area contributed by atoms with Crippen LogP contribution < -0.4 is 4.52 Å². The molecule has 0 amide bonds. The SMILES string of the molecule is O=P(O)(O)Oc1cccc(F)c1F. The first-order valence-corrected chi connectivity index (χ1v) is 4.62. The van der Waals surface area contributed by atoms with Crippen molar-refractivity contribution in [2.45, 2.75) is 0 Å². The minimum absolute atomic E-state index is 0.807. The van der Waals surface area contributed by atoms with Crippen LogP contribution in [0, 0.1) is 11.6 Å². The summed E-state index contributed by atoms with van der Waals surface area (Å²) in [4.78, 5) is 16.6. The van der Waals surface area contributed by atoms with Crippen molar-refractivity contribution in [1.82, 2.24) is 0 Å². The first-order valence-electron chi connectivity index (χ1n) is 3.09. The predicted octanol–water partition coefficient (Wildman–Crippen LogP) is 1.44. The molecule has 13 heavy (non-hydrogen) atoms. The lowest BCUT2D eigenvalue weighted by atomic mass is 10.3. The Morgan fingerprint density at radius 2 is 1.92 bits per heavy atom. The monoisotopic (exact) mass is 210 g/mol. The molecule has 0 atom stereocenters. The van der Waals surface area contributed by atoms with E-state index in [1.807, 2.05) is 0 Å².